The molecule has 26 heavy (non-hydrogen) atoms. The number of rotatable bonds is 4. The number of methoxy groups -OCH3 is 1. The van der Waals surface area contributed by atoms with E-state index in [1.54, 1.807) is 21.0 Å². The number of amides is 1. The van der Waals surface area contributed by atoms with E-state index in [-0.39, 0.29) is 16.9 Å². The number of carbonyl (C=O) groups is 1. The van der Waals surface area contributed by atoms with Gasteiger partial charge in [0.25, 0.3) is 0 Å². The molecule has 3 aromatic rings. The molecule has 0 unspecified atom stereocenters. The van der Waals surface area contributed by atoms with Crippen LogP contribution in [0, 0.1) is 5.92 Å². The van der Waals surface area contributed by atoms with Crippen molar-refractivity contribution in [2.24, 2.45) is 5.92 Å². The maximum atomic E-state index is 11.7. The third-order valence-corrected chi connectivity index (χ3v) is 3.93. The van der Waals surface area contributed by atoms with Crippen LogP contribution in [0.4, 0.5) is 5.69 Å². The Bertz CT molecular complexity index is 966. The van der Waals surface area contributed by atoms with Gasteiger partial charge in [-0.1, -0.05) is 19.9 Å². The maximum absolute atomic E-state index is 11.7. The van der Waals surface area contributed by atoms with Gasteiger partial charge in [0.15, 0.2) is 10.7 Å². The molecule has 0 fully saturated rings. The van der Waals surface area contributed by atoms with Gasteiger partial charge >= 0.3 is 0 Å². The lowest BCUT2D eigenvalue weighted by molar-refractivity contribution is -0.122. The smallest absolute Gasteiger partial charge is 0.228 e. The minimum absolute atomic E-state index is 0.133. The summed E-state index contributed by atoms with van der Waals surface area (Å²) < 4.78 is 11.0. The molecule has 0 aliphatic carbocycles. The Morgan fingerprint density at radius 3 is 2.77 bits per heavy atom. The van der Waals surface area contributed by atoms with Gasteiger partial charge in [-0.05, 0) is 42.5 Å². The number of hydrogen-bond acceptors (Lipinski definition) is 5. The topological polar surface area (TPSA) is 76.4 Å². The Morgan fingerprint density at radius 2 is 2.04 bits per heavy atom. The van der Waals surface area contributed by atoms with Crippen LogP contribution in [-0.2, 0) is 4.79 Å². The first kappa shape index (κ1) is 17.9. The first-order valence-electron chi connectivity index (χ1n) is 8.13. The zero-order valence-electron chi connectivity index (χ0n) is 14.7. The molecule has 1 amide bonds. The highest BCUT2D eigenvalue weighted by Gasteiger charge is 2.11. The van der Waals surface area contributed by atoms with Crippen molar-refractivity contribution in [1.29, 1.82) is 0 Å². The van der Waals surface area contributed by atoms with Crippen LogP contribution < -0.4 is 15.4 Å². The first-order valence-corrected chi connectivity index (χ1v) is 8.54. The SMILES string of the molecule is COc1ccc2oc(-c3cccc(NC(=S)NC(=O)C(C)C)c3)nc2c1. The summed E-state index contributed by atoms with van der Waals surface area (Å²) in [5, 5.41) is 5.90. The average Bonchev–Trinajstić information content (AvgIpc) is 3.04. The fraction of sp³-hybridized carbons (Fsp3) is 0.211. The van der Waals surface area contributed by atoms with Gasteiger partial charge in [0.1, 0.15) is 11.3 Å². The van der Waals surface area contributed by atoms with Gasteiger partial charge in [0.2, 0.25) is 11.8 Å². The zero-order valence-corrected chi connectivity index (χ0v) is 15.5. The number of aromatic nitrogens is 1. The van der Waals surface area contributed by atoms with Gasteiger partial charge in [0, 0.05) is 23.2 Å². The summed E-state index contributed by atoms with van der Waals surface area (Å²) in [6.07, 6.45) is 0. The van der Waals surface area contributed by atoms with Crippen LogP contribution in [0.5, 0.6) is 5.75 Å². The Kier molecular flexibility index (Phi) is 5.18. The van der Waals surface area contributed by atoms with E-state index in [2.05, 4.69) is 15.6 Å². The van der Waals surface area contributed by atoms with Gasteiger partial charge in [-0.15, -0.1) is 0 Å². The Hall–Kier alpha value is -2.93. The lowest BCUT2D eigenvalue weighted by Crippen LogP contribution is -2.36. The number of ether oxygens (including phenoxy) is 1. The molecule has 0 atom stereocenters. The van der Waals surface area contributed by atoms with Gasteiger partial charge in [0.05, 0.1) is 7.11 Å². The molecule has 0 aliphatic heterocycles. The standard InChI is InChI=1S/C19H19N3O3S/c1-11(2)17(23)22-19(26)20-13-6-4-5-12(9-13)18-21-15-10-14(24-3)7-8-16(15)25-18/h4-11H,1-3H3,(H2,20,22,23,26). The summed E-state index contributed by atoms with van der Waals surface area (Å²) in [4.78, 5) is 16.2. The highest BCUT2D eigenvalue weighted by atomic mass is 32.1. The largest absolute Gasteiger partial charge is 0.497 e. The Balaban J connectivity index is 1.81. The summed E-state index contributed by atoms with van der Waals surface area (Å²) >= 11 is 5.18. The van der Waals surface area contributed by atoms with Crippen molar-refractivity contribution < 1.29 is 13.9 Å². The number of hydrogen-bond donors (Lipinski definition) is 2. The summed E-state index contributed by atoms with van der Waals surface area (Å²) in [7, 11) is 1.61. The Labute approximate surface area is 156 Å². The molecule has 2 N–H and O–H groups in total. The van der Waals surface area contributed by atoms with E-state index in [9.17, 15) is 4.79 Å². The second-order valence-corrected chi connectivity index (χ2v) is 6.44. The monoisotopic (exact) mass is 369 g/mol. The number of thiocarbonyl (C=S) groups is 1. The molecule has 2 aromatic carbocycles. The van der Waals surface area contributed by atoms with E-state index in [1.807, 2.05) is 42.5 Å². The fourth-order valence-corrected chi connectivity index (χ4v) is 2.52. The summed E-state index contributed by atoms with van der Waals surface area (Å²) in [5.74, 6) is 0.942. The molecule has 0 aliphatic rings. The number of nitrogens with one attached hydrogen (secondary N) is 2. The van der Waals surface area contributed by atoms with Gasteiger partial charge in [-0.25, -0.2) is 4.98 Å². The molecule has 0 radical (unpaired) electrons. The third kappa shape index (κ3) is 4.00. The predicted octanol–water partition coefficient (Wildman–Crippen LogP) is 3.97. The van der Waals surface area contributed by atoms with Crippen molar-refractivity contribution in [3.8, 4) is 17.2 Å². The lowest BCUT2D eigenvalue weighted by atomic mass is 10.2. The number of nitrogens with zero attached hydrogens (tertiary/aromatic N) is 1. The van der Waals surface area contributed by atoms with Crippen LogP contribution in [-0.4, -0.2) is 23.1 Å². The van der Waals surface area contributed by atoms with E-state index in [4.69, 9.17) is 21.4 Å². The fourth-order valence-electron chi connectivity index (χ4n) is 2.31. The normalized spacial score (nSPS) is 10.8. The molecule has 0 saturated heterocycles. The predicted molar refractivity (Wildman–Crippen MR) is 105 cm³/mol. The molecule has 0 spiro atoms. The number of benzene rings is 2. The second-order valence-electron chi connectivity index (χ2n) is 6.03. The first-order chi connectivity index (χ1) is 12.5. The molecule has 7 heteroatoms. The second kappa shape index (κ2) is 7.53. The van der Waals surface area contributed by atoms with Crippen LogP contribution in [0.25, 0.3) is 22.6 Å². The quantitative estimate of drug-likeness (QED) is 0.678. The van der Waals surface area contributed by atoms with E-state index in [0.717, 1.165) is 22.5 Å². The molecule has 1 aromatic heterocycles. The van der Waals surface area contributed by atoms with Crippen LogP contribution >= 0.6 is 12.2 Å². The van der Waals surface area contributed by atoms with Crippen molar-refractivity contribution in [3.05, 3.63) is 42.5 Å². The zero-order chi connectivity index (χ0) is 18.7. The molecule has 1 heterocycles. The van der Waals surface area contributed by atoms with Gasteiger partial charge in [-0.3, -0.25) is 4.79 Å². The van der Waals surface area contributed by atoms with E-state index < -0.39 is 0 Å². The van der Waals surface area contributed by atoms with E-state index >= 15 is 0 Å². The number of anilines is 1. The molecular weight excluding hydrogens is 350 g/mol. The van der Waals surface area contributed by atoms with Crippen LogP contribution in [0.3, 0.4) is 0 Å². The summed E-state index contributed by atoms with van der Waals surface area (Å²) in [6.45, 7) is 3.61. The molecule has 0 saturated carbocycles. The minimum atomic E-state index is -0.141. The van der Waals surface area contributed by atoms with Crippen LogP contribution in [0.15, 0.2) is 46.9 Å². The maximum Gasteiger partial charge on any atom is 0.228 e. The summed E-state index contributed by atoms with van der Waals surface area (Å²) in [5.41, 5.74) is 2.93. The lowest BCUT2D eigenvalue weighted by Gasteiger charge is -2.11. The van der Waals surface area contributed by atoms with Crippen LogP contribution in [0.2, 0.25) is 0 Å². The number of carbonyl (C=O) groups excluding carboxylic acids is 1. The van der Waals surface area contributed by atoms with Crippen molar-refractivity contribution in [2.75, 3.05) is 12.4 Å². The summed E-state index contributed by atoms with van der Waals surface area (Å²) in [6, 6.07) is 12.9. The molecule has 0 bridgehead atoms. The Morgan fingerprint density at radius 1 is 1.23 bits per heavy atom. The number of fused-ring (bicyclic) bond motifs is 1. The van der Waals surface area contributed by atoms with Crippen molar-refractivity contribution >= 4 is 40.0 Å². The molecule has 6 nitrogen and oxygen atoms in total. The highest BCUT2D eigenvalue weighted by Crippen LogP contribution is 2.28. The van der Waals surface area contributed by atoms with Crippen molar-refractivity contribution in [2.45, 2.75) is 13.8 Å². The molecule has 3 rings (SSSR count). The van der Waals surface area contributed by atoms with Crippen molar-refractivity contribution in [3.63, 3.8) is 0 Å². The third-order valence-electron chi connectivity index (χ3n) is 3.72. The minimum Gasteiger partial charge on any atom is -0.497 e. The van der Waals surface area contributed by atoms with E-state index in [1.165, 1.54) is 0 Å². The molecular formula is C19H19N3O3S. The molecule has 134 valence electrons. The van der Waals surface area contributed by atoms with Crippen molar-refractivity contribution in [1.82, 2.24) is 10.3 Å². The number of oxazole rings is 1. The van der Waals surface area contributed by atoms with Crippen LogP contribution in [0.1, 0.15) is 13.8 Å². The van der Waals surface area contributed by atoms with E-state index in [0.29, 0.717) is 11.5 Å². The average molecular weight is 369 g/mol. The highest BCUT2D eigenvalue weighted by molar-refractivity contribution is 7.80. The van der Waals surface area contributed by atoms with Gasteiger partial charge < -0.3 is 19.8 Å². The van der Waals surface area contributed by atoms with Gasteiger partial charge in [-0.2, -0.15) is 0 Å².